The molecule has 17 heavy (non-hydrogen) atoms. The second kappa shape index (κ2) is 5.85. The predicted molar refractivity (Wildman–Crippen MR) is 67.6 cm³/mol. The van der Waals surface area contributed by atoms with E-state index < -0.39 is 0 Å². The molecule has 0 aromatic rings. The number of hydrogen-bond donors (Lipinski definition) is 1. The summed E-state index contributed by atoms with van der Waals surface area (Å²) in [7, 11) is 0. The van der Waals surface area contributed by atoms with Crippen molar-refractivity contribution in [1.29, 1.82) is 0 Å². The Bertz CT molecular complexity index is 262. The molecular weight excluding hydrogens is 216 g/mol. The molecule has 0 heterocycles. The Hall–Kier alpha value is -0.570. The Labute approximate surface area is 105 Å². The fourth-order valence-corrected chi connectivity index (χ4v) is 2.61. The summed E-state index contributed by atoms with van der Waals surface area (Å²) in [5.41, 5.74) is -0.305. The second-order valence-corrected chi connectivity index (χ2v) is 5.87. The van der Waals surface area contributed by atoms with Gasteiger partial charge in [-0.25, -0.2) is 0 Å². The molecule has 0 amide bonds. The van der Waals surface area contributed by atoms with Crippen LogP contribution < -0.4 is 0 Å². The molecule has 0 bridgehead atoms. The lowest BCUT2D eigenvalue weighted by atomic mass is 9.97. The summed E-state index contributed by atoms with van der Waals surface area (Å²) >= 11 is 0. The van der Waals surface area contributed by atoms with Crippen molar-refractivity contribution in [1.82, 2.24) is 0 Å². The number of ether oxygens (including phenoxy) is 1. The Morgan fingerprint density at radius 2 is 2.18 bits per heavy atom. The van der Waals surface area contributed by atoms with E-state index in [1.165, 1.54) is 0 Å². The summed E-state index contributed by atoms with van der Waals surface area (Å²) in [5, 5.41) is 9.38. The SMILES string of the molecule is CCC(C)C(=O)OC1(C)CCC(CC(C)O)C1. The molecular formula is C14H26O3. The topological polar surface area (TPSA) is 46.5 Å². The summed E-state index contributed by atoms with van der Waals surface area (Å²) in [6, 6.07) is 0. The van der Waals surface area contributed by atoms with Crippen LogP contribution in [0.25, 0.3) is 0 Å². The van der Waals surface area contributed by atoms with Crippen LogP contribution in [0.2, 0.25) is 0 Å². The number of aliphatic hydroxyl groups excluding tert-OH is 1. The number of carbonyl (C=O) groups excluding carboxylic acids is 1. The lowest BCUT2D eigenvalue weighted by molar-refractivity contribution is -0.162. The average molecular weight is 242 g/mol. The van der Waals surface area contributed by atoms with E-state index in [4.69, 9.17) is 4.74 Å². The van der Waals surface area contributed by atoms with Crippen molar-refractivity contribution < 1.29 is 14.6 Å². The van der Waals surface area contributed by atoms with Crippen LogP contribution in [0.4, 0.5) is 0 Å². The fourth-order valence-electron chi connectivity index (χ4n) is 2.61. The van der Waals surface area contributed by atoms with Gasteiger partial charge in [-0.05, 0) is 51.9 Å². The first kappa shape index (κ1) is 14.5. The number of carbonyl (C=O) groups is 1. The van der Waals surface area contributed by atoms with Crippen molar-refractivity contribution in [3.8, 4) is 0 Å². The molecule has 100 valence electrons. The van der Waals surface area contributed by atoms with Crippen molar-refractivity contribution >= 4 is 5.97 Å². The zero-order valence-electron chi connectivity index (χ0n) is 11.5. The fraction of sp³-hybridized carbons (Fsp3) is 0.929. The Balaban J connectivity index is 2.46. The minimum absolute atomic E-state index is 0.0114. The van der Waals surface area contributed by atoms with Gasteiger partial charge in [-0.3, -0.25) is 4.79 Å². The van der Waals surface area contributed by atoms with Crippen molar-refractivity contribution in [3.05, 3.63) is 0 Å². The molecule has 0 aliphatic heterocycles. The van der Waals surface area contributed by atoms with Crippen molar-refractivity contribution in [2.24, 2.45) is 11.8 Å². The molecule has 1 N–H and O–H groups in total. The molecule has 4 unspecified atom stereocenters. The largest absolute Gasteiger partial charge is 0.459 e. The van der Waals surface area contributed by atoms with Crippen LogP contribution in [-0.2, 0) is 9.53 Å². The minimum Gasteiger partial charge on any atom is -0.459 e. The molecule has 0 aromatic carbocycles. The standard InChI is InChI=1S/C14H26O3/c1-5-10(2)13(16)17-14(4)7-6-12(9-14)8-11(3)15/h10-12,15H,5-9H2,1-4H3. The zero-order valence-corrected chi connectivity index (χ0v) is 11.5. The van der Waals surface area contributed by atoms with Gasteiger partial charge >= 0.3 is 5.97 Å². The van der Waals surface area contributed by atoms with Gasteiger partial charge in [-0.15, -0.1) is 0 Å². The highest BCUT2D eigenvalue weighted by Gasteiger charge is 2.39. The van der Waals surface area contributed by atoms with E-state index in [-0.39, 0.29) is 23.6 Å². The van der Waals surface area contributed by atoms with Gasteiger partial charge in [0.1, 0.15) is 5.60 Å². The second-order valence-electron chi connectivity index (χ2n) is 5.87. The first-order valence-electron chi connectivity index (χ1n) is 6.77. The minimum atomic E-state index is -0.305. The zero-order chi connectivity index (χ0) is 13.1. The van der Waals surface area contributed by atoms with Crippen LogP contribution in [0.1, 0.15) is 59.8 Å². The molecule has 4 atom stereocenters. The van der Waals surface area contributed by atoms with E-state index in [0.29, 0.717) is 5.92 Å². The first-order chi connectivity index (χ1) is 7.86. The number of hydrogen-bond acceptors (Lipinski definition) is 3. The molecule has 0 radical (unpaired) electrons. The van der Waals surface area contributed by atoms with E-state index >= 15 is 0 Å². The van der Waals surface area contributed by atoms with Crippen molar-refractivity contribution in [2.45, 2.75) is 71.5 Å². The molecule has 3 heteroatoms. The maximum atomic E-state index is 11.8. The Morgan fingerprint density at radius 1 is 1.53 bits per heavy atom. The van der Waals surface area contributed by atoms with Crippen LogP contribution in [-0.4, -0.2) is 22.8 Å². The van der Waals surface area contributed by atoms with Gasteiger partial charge in [-0.1, -0.05) is 13.8 Å². The molecule has 1 saturated carbocycles. The van der Waals surface area contributed by atoms with E-state index in [1.807, 2.05) is 27.7 Å². The van der Waals surface area contributed by atoms with Crippen LogP contribution in [0.5, 0.6) is 0 Å². The van der Waals surface area contributed by atoms with Crippen LogP contribution in [0, 0.1) is 11.8 Å². The highest BCUT2D eigenvalue weighted by molar-refractivity contribution is 5.72. The maximum Gasteiger partial charge on any atom is 0.309 e. The first-order valence-corrected chi connectivity index (χ1v) is 6.77. The Morgan fingerprint density at radius 3 is 2.71 bits per heavy atom. The summed E-state index contributed by atoms with van der Waals surface area (Å²) in [5.74, 6) is 0.403. The summed E-state index contributed by atoms with van der Waals surface area (Å²) in [6.07, 6.45) is 4.25. The van der Waals surface area contributed by atoms with E-state index in [0.717, 1.165) is 32.1 Å². The van der Waals surface area contributed by atoms with Gasteiger partial charge in [0.2, 0.25) is 0 Å². The summed E-state index contributed by atoms with van der Waals surface area (Å²) < 4.78 is 5.64. The molecule has 1 fully saturated rings. The lowest BCUT2D eigenvalue weighted by Gasteiger charge is -2.26. The highest BCUT2D eigenvalue weighted by atomic mass is 16.6. The summed E-state index contributed by atoms with van der Waals surface area (Å²) in [4.78, 5) is 11.8. The Kier molecular flexibility index (Phi) is 4.99. The quantitative estimate of drug-likeness (QED) is 0.754. The molecule has 3 nitrogen and oxygen atoms in total. The highest BCUT2D eigenvalue weighted by Crippen LogP contribution is 2.39. The smallest absolute Gasteiger partial charge is 0.309 e. The van der Waals surface area contributed by atoms with Gasteiger partial charge in [0.25, 0.3) is 0 Å². The molecule has 0 saturated heterocycles. The predicted octanol–water partition coefficient (Wildman–Crippen LogP) is 2.91. The van der Waals surface area contributed by atoms with Crippen LogP contribution in [0.3, 0.4) is 0 Å². The van der Waals surface area contributed by atoms with Gasteiger partial charge in [0.15, 0.2) is 0 Å². The van der Waals surface area contributed by atoms with Gasteiger partial charge in [-0.2, -0.15) is 0 Å². The number of esters is 1. The van der Waals surface area contributed by atoms with Gasteiger partial charge in [0, 0.05) is 0 Å². The average Bonchev–Trinajstić information content (AvgIpc) is 2.57. The van der Waals surface area contributed by atoms with E-state index in [9.17, 15) is 9.90 Å². The third-order valence-corrected chi connectivity index (χ3v) is 3.84. The molecule has 0 aromatic heterocycles. The van der Waals surface area contributed by atoms with Crippen molar-refractivity contribution in [2.75, 3.05) is 0 Å². The van der Waals surface area contributed by atoms with Gasteiger partial charge in [0.05, 0.1) is 12.0 Å². The molecule has 1 aliphatic carbocycles. The van der Waals surface area contributed by atoms with Crippen molar-refractivity contribution in [3.63, 3.8) is 0 Å². The lowest BCUT2D eigenvalue weighted by Crippen LogP contribution is -2.31. The third-order valence-electron chi connectivity index (χ3n) is 3.84. The normalized spacial score (nSPS) is 32.2. The van der Waals surface area contributed by atoms with Gasteiger partial charge < -0.3 is 9.84 Å². The molecule has 0 spiro atoms. The maximum absolute atomic E-state index is 11.8. The summed E-state index contributed by atoms with van der Waals surface area (Å²) in [6.45, 7) is 7.75. The van der Waals surface area contributed by atoms with E-state index in [2.05, 4.69) is 0 Å². The van der Waals surface area contributed by atoms with E-state index in [1.54, 1.807) is 0 Å². The molecule has 1 aliphatic rings. The van der Waals surface area contributed by atoms with Crippen LogP contribution >= 0.6 is 0 Å². The van der Waals surface area contributed by atoms with Crippen LogP contribution in [0.15, 0.2) is 0 Å². The third kappa shape index (κ3) is 4.30. The number of rotatable bonds is 5. The monoisotopic (exact) mass is 242 g/mol. The number of aliphatic hydroxyl groups is 1. The molecule has 1 rings (SSSR count).